The molecule has 0 spiro atoms. The van der Waals surface area contributed by atoms with Crippen LogP contribution < -0.4 is 0 Å². The molecule has 9 nitrogen and oxygen atoms in total. The van der Waals surface area contributed by atoms with Gasteiger partial charge in [0.15, 0.2) is 0 Å². The molecule has 2 atom stereocenters. The van der Waals surface area contributed by atoms with E-state index in [1.165, 1.54) is 0 Å². The van der Waals surface area contributed by atoms with Crippen LogP contribution in [0.3, 0.4) is 0 Å². The molecule has 9 heteroatoms. The molecule has 0 saturated heterocycles. The lowest BCUT2D eigenvalue weighted by atomic mass is 9.53. The number of hydrogen-bond donors (Lipinski definition) is 1. The third kappa shape index (κ3) is 2.77. The Hall–Kier alpha value is -2.84. The number of carbonyl (C=O) groups is 4. The van der Waals surface area contributed by atoms with Gasteiger partial charge >= 0.3 is 23.9 Å². The number of carbonyl (C=O) groups excluding carboxylic acids is 4. The average molecular weight is 382 g/mol. The lowest BCUT2D eigenvalue weighted by Gasteiger charge is -2.48. The van der Waals surface area contributed by atoms with Gasteiger partial charge in [-0.15, -0.1) is 0 Å². The predicted octanol–water partition coefficient (Wildman–Crippen LogP) is 0.977. The fourth-order valence-electron chi connectivity index (χ4n) is 4.04. The molecule has 0 amide bonds. The minimum Gasteiger partial charge on any atom is -0.511 e. The van der Waals surface area contributed by atoms with E-state index in [0.717, 1.165) is 28.4 Å². The maximum atomic E-state index is 12.8. The van der Waals surface area contributed by atoms with Crippen molar-refractivity contribution >= 4 is 23.9 Å². The SMILES string of the molecule is COC(=O)C1=C(C)[C@@]2(C(=O)OC)CC(C(=O)OC)=C(O)[C@@](C(=O)OC)(C1)C2. The van der Waals surface area contributed by atoms with E-state index in [2.05, 4.69) is 0 Å². The second kappa shape index (κ2) is 7.05. The van der Waals surface area contributed by atoms with Crippen LogP contribution in [-0.4, -0.2) is 57.4 Å². The molecule has 0 radical (unpaired) electrons. The van der Waals surface area contributed by atoms with Gasteiger partial charge in [-0.3, -0.25) is 9.59 Å². The van der Waals surface area contributed by atoms with Gasteiger partial charge < -0.3 is 24.1 Å². The highest BCUT2D eigenvalue weighted by atomic mass is 16.5. The molecule has 0 aromatic heterocycles. The summed E-state index contributed by atoms with van der Waals surface area (Å²) in [5, 5.41) is 10.8. The van der Waals surface area contributed by atoms with Crippen LogP contribution in [0.2, 0.25) is 0 Å². The van der Waals surface area contributed by atoms with Crippen molar-refractivity contribution in [3.8, 4) is 0 Å². The topological polar surface area (TPSA) is 125 Å². The average Bonchev–Trinajstić information content (AvgIpc) is 2.69. The summed E-state index contributed by atoms with van der Waals surface area (Å²) in [6.45, 7) is 1.54. The number of ether oxygens (including phenoxy) is 4. The van der Waals surface area contributed by atoms with Crippen molar-refractivity contribution in [1.29, 1.82) is 0 Å². The van der Waals surface area contributed by atoms with E-state index in [9.17, 15) is 24.3 Å². The number of aliphatic hydroxyl groups is 1. The van der Waals surface area contributed by atoms with E-state index in [4.69, 9.17) is 18.9 Å². The van der Waals surface area contributed by atoms with E-state index in [1.807, 2.05) is 0 Å². The number of hydrogen-bond acceptors (Lipinski definition) is 9. The highest BCUT2D eigenvalue weighted by Gasteiger charge is 2.64. The summed E-state index contributed by atoms with van der Waals surface area (Å²) in [4.78, 5) is 50.0. The molecular weight excluding hydrogens is 360 g/mol. The molecule has 0 aliphatic heterocycles. The molecule has 0 saturated carbocycles. The fourth-order valence-corrected chi connectivity index (χ4v) is 4.04. The Kier molecular flexibility index (Phi) is 5.35. The first-order chi connectivity index (χ1) is 12.6. The fraction of sp³-hybridized carbons (Fsp3) is 0.556. The maximum Gasteiger partial charge on any atom is 0.337 e. The van der Waals surface area contributed by atoms with E-state index < -0.39 is 40.5 Å². The molecule has 2 aliphatic carbocycles. The second-order valence-electron chi connectivity index (χ2n) is 6.59. The zero-order valence-electron chi connectivity index (χ0n) is 15.8. The normalized spacial score (nSPS) is 27.0. The third-order valence-electron chi connectivity index (χ3n) is 5.49. The van der Waals surface area contributed by atoms with Crippen LogP contribution in [-0.2, 0) is 38.1 Å². The van der Waals surface area contributed by atoms with E-state index in [1.54, 1.807) is 6.92 Å². The number of rotatable bonds is 4. The Morgan fingerprint density at radius 2 is 1.22 bits per heavy atom. The van der Waals surface area contributed by atoms with Gasteiger partial charge in [-0.1, -0.05) is 0 Å². The molecular formula is C18H22O9. The van der Waals surface area contributed by atoms with Gasteiger partial charge in [0.1, 0.15) is 11.2 Å². The molecule has 27 heavy (non-hydrogen) atoms. The van der Waals surface area contributed by atoms with E-state index in [0.29, 0.717) is 5.57 Å². The molecule has 2 aliphatic rings. The highest BCUT2D eigenvalue weighted by Crippen LogP contribution is 2.60. The number of aliphatic hydroxyl groups excluding tert-OH is 1. The highest BCUT2D eigenvalue weighted by molar-refractivity contribution is 6.00. The molecule has 1 N–H and O–H groups in total. The molecule has 0 fully saturated rings. The summed E-state index contributed by atoms with van der Waals surface area (Å²) < 4.78 is 19.2. The van der Waals surface area contributed by atoms with Gasteiger partial charge in [0.25, 0.3) is 0 Å². The lowest BCUT2D eigenvalue weighted by molar-refractivity contribution is -0.163. The van der Waals surface area contributed by atoms with E-state index in [-0.39, 0.29) is 30.4 Å². The Bertz CT molecular complexity index is 712. The van der Waals surface area contributed by atoms with Crippen LogP contribution in [0.25, 0.3) is 0 Å². The van der Waals surface area contributed by atoms with Crippen molar-refractivity contribution in [2.75, 3.05) is 28.4 Å². The molecule has 0 aromatic rings. The van der Waals surface area contributed by atoms with Crippen molar-refractivity contribution in [2.45, 2.75) is 26.2 Å². The standard InChI is InChI=1S/C18H22O9/c1-9-10(13(20)24-2)6-18(16(23)27-5)8-17(9,15(22)26-4)7-11(12(18)19)14(21)25-3/h19H,6-8H2,1-5H3/t17-,18-/m1/s1. The zero-order valence-corrected chi connectivity index (χ0v) is 15.8. The van der Waals surface area contributed by atoms with Crippen LogP contribution in [0.15, 0.2) is 22.5 Å². The molecule has 2 rings (SSSR count). The van der Waals surface area contributed by atoms with Gasteiger partial charge in [0.05, 0.1) is 39.4 Å². The van der Waals surface area contributed by atoms with Crippen LogP contribution in [0.4, 0.5) is 0 Å². The number of fused-ring (bicyclic) bond motifs is 2. The van der Waals surface area contributed by atoms with Crippen LogP contribution in [0.1, 0.15) is 26.2 Å². The van der Waals surface area contributed by atoms with Gasteiger partial charge in [-0.2, -0.15) is 0 Å². The predicted molar refractivity (Wildman–Crippen MR) is 89.1 cm³/mol. The Balaban J connectivity index is 2.88. The van der Waals surface area contributed by atoms with Gasteiger partial charge in [0.2, 0.25) is 0 Å². The quantitative estimate of drug-likeness (QED) is 0.559. The van der Waals surface area contributed by atoms with Crippen molar-refractivity contribution in [2.24, 2.45) is 10.8 Å². The molecule has 0 heterocycles. The molecule has 0 aromatic carbocycles. The summed E-state index contributed by atoms with van der Waals surface area (Å²) in [5.41, 5.74) is -3.21. The van der Waals surface area contributed by atoms with Crippen molar-refractivity contribution < 1.29 is 43.2 Å². The minimum absolute atomic E-state index is 0.0509. The summed E-state index contributed by atoms with van der Waals surface area (Å²) in [7, 11) is 4.55. The molecule has 0 unspecified atom stereocenters. The van der Waals surface area contributed by atoms with Crippen molar-refractivity contribution in [1.82, 2.24) is 0 Å². The maximum absolute atomic E-state index is 12.8. The first-order valence-electron chi connectivity index (χ1n) is 8.11. The Labute approximate surface area is 155 Å². The van der Waals surface area contributed by atoms with Gasteiger partial charge in [0, 0.05) is 18.4 Å². The van der Waals surface area contributed by atoms with Crippen LogP contribution in [0.5, 0.6) is 0 Å². The smallest absolute Gasteiger partial charge is 0.337 e. The number of methoxy groups -OCH3 is 4. The lowest BCUT2D eigenvalue weighted by Crippen LogP contribution is -2.53. The largest absolute Gasteiger partial charge is 0.511 e. The molecule has 148 valence electrons. The van der Waals surface area contributed by atoms with Crippen molar-refractivity contribution in [3.05, 3.63) is 22.5 Å². The van der Waals surface area contributed by atoms with Gasteiger partial charge in [-0.25, -0.2) is 9.59 Å². The molecule has 2 bridgehead atoms. The summed E-state index contributed by atoms with van der Waals surface area (Å²) in [5.74, 6) is -3.84. The van der Waals surface area contributed by atoms with E-state index >= 15 is 0 Å². The number of esters is 4. The summed E-state index contributed by atoms with van der Waals surface area (Å²) >= 11 is 0. The monoisotopic (exact) mass is 382 g/mol. The van der Waals surface area contributed by atoms with Gasteiger partial charge in [-0.05, 0) is 18.9 Å². The van der Waals surface area contributed by atoms with Crippen LogP contribution >= 0.6 is 0 Å². The first kappa shape index (κ1) is 20.5. The third-order valence-corrected chi connectivity index (χ3v) is 5.49. The second-order valence-corrected chi connectivity index (χ2v) is 6.59. The van der Waals surface area contributed by atoms with Crippen LogP contribution in [0, 0.1) is 10.8 Å². The Morgan fingerprint density at radius 3 is 1.70 bits per heavy atom. The minimum atomic E-state index is -1.81. The zero-order chi connectivity index (χ0) is 20.6. The van der Waals surface area contributed by atoms with Crippen molar-refractivity contribution in [3.63, 3.8) is 0 Å². The Morgan fingerprint density at radius 1 is 0.778 bits per heavy atom. The summed E-state index contributed by atoms with van der Waals surface area (Å²) in [6.07, 6.45) is -0.787. The first-order valence-corrected chi connectivity index (χ1v) is 8.11. The summed E-state index contributed by atoms with van der Waals surface area (Å²) in [6, 6.07) is 0.